The van der Waals surface area contributed by atoms with Crippen LogP contribution in [0.1, 0.15) is 45.1 Å². The molecule has 1 aromatic carbocycles. The van der Waals surface area contributed by atoms with Crippen LogP contribution in [-0.2, 0) is 10.1 Å². The standard InChI is InChI=1S/C16H25NO4S/c1-5-8-17-15-9-13(21-4)6-7-14(15)12(10-16(17,2)3)11-22(18,19)20/h6-7,9,12H,5,8,10-11H2,1-4H3,(H,18,19,20). The molecule has 0 saturated heterocycles. The van der Waals surface area contributed by atoms with Gasteiger partial charge in [0, 0.05) is 29.8 Å². The summed E-state index contributed by atoms with van der Waals surface area (Å²) in [5.74, 6) is 0.303. The molecule has 1 aliphatic rings. The molecule has 1 atom stereocenters. The summed E-state index contributed by atoms with van der Waals surface area (Å²) < 4.78 is 37.3. The molecule has 0 spiro atoms. The molecule has 0 aliphatic carbocycles. The van der Waals surface area contributed by atoms with Crippen LogP contribution < -0.4 is 9.64 Å². The monoisotopic (exact) mass is 327 g/mol. The Morgan fingerprint density at radius 1 is 1.41 bits per heavy atom. The molecule has 6 heteroatoms. The lowest BCUT2D eigenvalue weighted by Crippen LogP contribution is -2.49. The van der Waals surface area contributed by atoms with Crippen molar-refractivity contribution in [2.24, 2.45) is 0 Å². The molecule has 1 heterocycles. The van der Waals surface area contributed by atoms with Crippen molar-refractivity contribution in [1.29, 1.82) is 0 Å². The van der Waals surface area contributed by atoms with Crippen LogP contribution in [0.15, 0.2) is 18.2 Å². The highest BCUT2D eigenvalue weighted by molar-refractivity contribution is 7.85. The number of nitrogens with zero attached hydrogens (tertiary/aromatic N) is 1. The molecule has 1 aromatic rings. The van der Waals surface area contributed by atoms with Gasteiger partial charge in [0.05, 0.1) is 12.9 Å². The van der Waals surface area contributed by atoms with Gasteiger partial charge in [0.25, 0.3) is 10.1 Å². The van der Waals surface area contributed by atoms with E-state index in [9.17, 15) is 13.0 Å². The summed E-state index contributed by atoms with van der Waals surface area (Å²) in [5, 5.41) is 0. The summed E-state index contributed by atoms with van der Waals surface area (Å²) in [6.07, 6.45) is 1.69. The minimum absolute atomic E-state index is 0.176. The Morgan fingerprint density at radius 3 is 2.64 bits per heavy atom. The first-order valence-corrected chi connectivity index (χ1v) is 9.19. The van der Waals surface area contributed by atoms with Gasteiger partial charge < -0.3 is 9.64 Å². The Hall–Kier alpha value is -1.27. The summed E-state index contributed by atoms with van der Waals surface area (Å²) in [6, 6.07) is 5.73. The SMILES string of the molecule is CCCN1c2cc(OC)ccc2C(CS(=O)(=O)O)CC1(C)C. The second-order valence-electron chi connectivity index (χ2n) is 6.54. The summed E-state index contributed by atoms with van der Waals surface area (Å²) in [5.41, 5.74) is 1.79. The minimum Gasteiger partial charge on any atom is -0.497 e. The smallest absolute Gasteiger partial charge is 0.265 e. The largest absolute Gasteiger partial charge is 0.497 e. The summed E-state index contributed by atoms with van der Waals surface area (Å²) in [6.45, 7) is 7.25. The van der Waals surface area contributed by atoms with Gasteiger partial charge >= 0.3 is 0 Å². The average Bonchev–Trinajstić information content (AvgIpc) is 2.40. The molecule has 5 nitrogen and oxygen atoms in total. The number of hydrogen-bond acceptors (Lipinski definition) is 4. The van der Waals surface area contributed by atoms with Gasteiger partial charge in [-0.05, 0) is 38.3 Å². The van der Waals surface area contributed by atoms with Crippen molar-refractivity contribution in [2.45, 2.75) is 45.1 Å². The van der Waals surface area contributed by atoms with Crippen molar-refractivity contribution >= 4 is 15.8 Å². The molecule has 0 radical (unpaired) electrons. The van der Waals surface area contributed by atoms with Gasteiger partial charge in [-0.2, -0.15) is 8.42 Å². The second-order valence-corrected chi connectivity index (χ2v) is 8.04. The molecule has 1 N–H and O–H groups in total. The van der Waals surface area contributed by atoms with Crippen LogP contribution in [0, 0.1) is 0 Å². The predicted molar refractivity (Wildman–Crippen MR) is 88.5 cm³/mol. The fourth-order valence-corrected chi connectivity index (χ4v) is 4.23. The highest BCUT2D eigenvalue weighted by Crippen LogP contribution is 2.45. The van der Waals surface area contributed by atoms with Crippen molar-refractivity contribution in [1.82, 2.24) is 0 Å². The quantitative estimate of drug-likeness (QED) is 0.842. The zero-order chi connectivity index (χ0) is 16.5. The molecule has 0 fully saturated rings. The van der Waals surface area contributed by atoms with Crippen LogP contribution in [-0.4, -0.2) is 37.9 Å². The molecule has 0 saturated carbocycles. The second kappa shape index (κ2) is 6.08. The first kappa shape index (κ1) is 17.1. The lowest BCUT2D eigenvalue weighted by Gasteiger charge is -2.48. The number of hydrogen-bond donors (Lipinski definition) is 1. The summed E-state index contributed by atoms with van der Waals surface area (Å²) >= 11 is 0. The van der Waals surface area contributed by atoms with Gasteiger partial charge in [-0.15, -0.1) is 0 Å². The van der Waals surface area contributed by atoms with E-state index < -0.39 is 10.1 Å². The molecule has 1 unspecified atom stereocenters. The maximum atomic E-state index is 11.4. The van der Waals surface area contributed by atoms with Crippen molar-refractivity contribution < 1.29 is 17.7 Å². The van der Waals surface area contributed by atoms with Crippen molar-refractivity contribution in [2.75, 3.05) is 24.3 Å². The third kappa shape index (κ3) is 3.55. The van der Waals surface area contributed by atoms with E-state index in [1.165, 1.54) is 0 Å². The van der Waals surface area contributed by atoms with Crippen molar-refractivity contribution in [3.63, 3.8) is 0 Å². The number of ether oxygens (including phenoxy) is 1. The van der Waals surface area contributed by atoms with E-state index in [1.807, 2.05) is 18.2 Å². The number of fused-ring (bicyclic) bond motifs is 1. The molecule has 0 amide bonds. The zero-order valence-corrected chi connectivity index (χ0v) is 14.5. The highest BCUT2D eigenvalue weighted by atomic mass is 32.2. The van der Waals surface area contributed by atoms with Gasteiger partial charge in [0.15, 0.2) is 0 Å². The van der Waals surface area contributed by atoms with Crippen molar-refractivity contribution in [3.8, 4) is 5.75 Å². The molecular weight excluding hydrogens is 302 g/mol. The molecule has 2 rings (SSSR count). The highest BCUT2D eigenvalue weighted by Gasteiger charge is 2.39. The van der Waals surface area contributed by atoms with Crippen LogP contribution in [0.25, 0.3) is 0 Å². The average molecular weight is 327 g/mol. The molecule has 22 heavy (non-hydrogen) atoms. The van der Waals surface area contributed by atoms with Crippen LogP contribution in [0.5, 0.6) is 5.75 Å². The van der Waals surface area contributed by atoms with Crippen molar-refractivity contribution in [3.05, 3.63) is 23.8 Å². The lowest BCUT2D eigenvalue weighted by molar-refractivity contribution is 0.369. The maximum absolute atomic E-state index is 11.4. The van der Waals surface area contributed by atoms with Gasteiger partial charge in [-0.3, -0.25) is 4.55 Å². The first-order valence-electron chi connectivity index (χ1n) is 7.58. The van der Waals surface area contributed by atoms with Crippen LogP contribution in [0.3, 0.4) is 0 Å². The Kier molecular flexibility index (Phi) is 4.73. The van der Waals surface area contributed by atoms with E-state index in [1.54, 1.807) is 7.11 Å². The van der Waals surface area contributed by atoms with E-state index in [0.717, 1.165) is 30.0 Å². The molecule has 0 aromatic heterocycles. The third-order valence-corrected chi connectivity index (χ3v) is 5.13. The minimum atomic E-state index is -4.01. The third-order valence-electron chi connectivity index (χ3n) is 4.30. The van der Waals surface area contributed by atoms with E-state index in [4.69, 9.17) is 4.74 Å². The zero-order valence-electron chi connectivity index (χ0n) is 13.7. The topological polar surface area (TPSA) is 66.8 Å². The van der Waals surface area contributed by atoms with Gasteiger partial charge in [-0.25, -0.2) is 0 Å². The van der Waals surface area contributed by atoms with Gasteiger partial charge in [-0.1, -0.05) is 13.0 Å². The van der Waals surface area contributed by atoms with Gasteiger partial charge in [0.2, 0.25) is 0 Å². The van der Waals surface area contributed by atoms with Crippen LogP contribution in [0.2, 0.25) is 0 Å². The fourth-order valence-electron chi connectivity index (χ4n) is 3.43. The van der Waals surface area contributed by atoms with E-state index >= 15 is 0 Å². The van der Waals surface area contributed by atoms with Crippen LogP contribution >= 0.6 is 0 Å². The molecule has 124 valence electrons. The normalized spacial score (nSPS) is 20.6. The number of benzene rings is 1. The van der Waals surface area contributed by atoms with Crippen LogP contribution in [0.4, 0.5) is 5.69 Å². The molecule has 1 aliphatic heterocycles. The number of rotatable bonds is 5. The van der Waals surface area contributed by atoms with Gasteiger partial charge in [0.1, 0.15) is 5.75 Å². The summed E-state index contributed by atoms with van der Waals surface area (Å²) in [4.78, 5) is 2.31. The number of methoxy groups -OCH3 is 1. The Morgan fingerprint density at radius 2 is 2.09 bits per heavy atom. The maximum Gasteiger partial charge on any atom is 0.265 e. The van der Waals surface area contributed by atoms with E-state index in [0.29, 0.717) is 6.42 Å². The molecule has 0 bridgehead atoms. The fraction of sp³-hybridized carbons (Fsp3) is 0.625. The van der Waals surface area contributed by atoms with E-state index in [-0.39, 0.29) is 17.2 Å². The Bertz CT molecular complexity index is 640. The van der Waals surface area contributed by atoms with E-state index in [2.05, 4.69) is 25.7 Å². The first-order chi connectivity index (χ1) is 10.2. The number of anilines is 1. The summed E-state index contributed by atoms with van der Waals surface area (Å²) in [7, 11) is -2.39. The Balaban J connectivity index is 2.53. The lowest BCUT2D eigenvalue weighted by atomic mass is 9.80. The predicted octanol–water partition coefficient (Wildman–Crippen LogP) is 3.07. The molecular formula is C16H25NO4S. The Labute approximate surface area is 133 Å².